The first-order chi connectivity index (χ1) is 18.2. The standard InChI is InChI=1S/C29H31N7O2/c1-16-22(15-36(5)34-16)25-31-24-21(11-12-30-26(24)32-25)19-9-10-20-17(13-19)7-6-8-18(20)14-23(37)27-33-28(35-38-27)29(2,3)4/h9-13,15,18H,6-8,14H2,1-5H3,(H,30,31,32). The summed E-state index contributed by atoms with van der Waals surface area (Å²) in [6.45, 7) is 7.98. The average molecular weight is 510 g/mol. The van der Waals surface area contributed by atoms with E-state index in [1.807, 2.05) is 47.0 Å². The molecule has 0 radical (unpaired) electrons. The lowest BCUT2D eigenvalue weighted by atomic mass is 9.79. The van der Waals surface area contributed by atoms with Crippen molar-refractivity contribution in [3.63, 3.8) is 0 Å². The van der Waals surface area contributed by atoms with Crippen LogP contribution >= 0.6 is 0 Å². The second-order valence-corrected chi connectivity index (χ2v) is 11.2. The third kappa shape index (κ3) is 4.31. The SMILES string of the molecule is Cc1nn(C)cc1-c1nc2nccc(-c3ccc4c(c3)CCCC4CC(=O)c3nc(C(C)(C)C)no3)c2[nH]1. The molecular weight excluding hydrogens is 478 g/mol. The topological polar surface area (TPSA) is 115 Å². The van der Waals surface area contributed by atoms with Crippen molar-refractivity contribution in [2.75, 3.05) is 0 Å². The molecule has 38 heavy (non-hydrogen) atoms. The van der Waals surface area contributed by atoms with Gasteiger partial charge >= 0.3 is 0 Å². The molecule has 6 rings (SSSR count). The summed E-state index contributed by atoms with van der Waals surface area (Å²) < 4.78 is 7.10. The predicted octanol–water partition coefficient (Wildman–Crippen LogP) is 5.71. The summed E-state index contributed by atoms with van der Waals surface area (Å²) in [4.78, 5) is 30.1. The predicted molar refractivity (Wildman–Crippen MR) is 144 cm³/mol. The fraction of sp³-hybridized carbons (Fsp3) is 0.379. The van der Waals surface area contributed by atoms with Crippen molar-refractivity contribution in [1.82, 2.24) is 34.9 Å². The van der Waals surface area contributed by atoms with Gasteiger partial charge < -0.3 is 9.51 Å². The van der Waals surface area contributed by atoms with Gasteiger partial charge in [-0.05, 0) is 54.9 Å². The number of hydrogen-bond acceptors (Lipinski definition) is 7. The fourth-order valence-corrected chi connectivity index (χ4v) is 5.36. The van der Waals surface area contributed by atoms with Gasteiger partial charge in [-0.2, -0.15) is 10.1 Å². The first kappa shape index (κ1) is 24.2. The molecule has 0 aliphatic heterocycles. The summed E-state index contributed by atoms with van der Waals surface area (Å²) in [7, 11) is 1.90. The van der Waals surface area contributed by atoms with Crippen LogP contribution in [0.1, 0.15) is 79.3 Å². The van der Waals surface area contributed by atoms with Crippen LogP contribution in [0, 0.1) is 6.92 Å². The van der Waals surface area contributed by atoms with E-state index in [1.54, 1.807) is 10.9 Å². The van der Waals surface area contributed by atoms with Crippen molar-refractivity contribution in [2.24, 2.45) is 7.05 Å². The molecule has 1 aromatic carbocycles. The Kier molecular flexibility index (Phi) is 5.74. The quantitative estimate of drug-likeness (QED) is 0.302. The number of benzene rings is 1. The summed E-state index contributed by atoms with van der Waals surface area (Å²) in [5.41, 5.74) is 7.86. The lowest BCUT2D eigenvalue weighted by Crippen LogP contribution is -2.16. The van der Waals surface area contributed by atoms with Gasteiger partial charge in [0.25, 0.3) is 5.89 Å². The average Bonchev–Trinajstić information content (AvgIpc) is 3.61. The smallest absolute Gasteiger partial charge is 0.294 e. The van der Waals surface area contributed by atoms with Crippen molar-refractivity contribution in [2.45, 2.75) is 64.7 Å². The second-order valence-electron chi connectivity index (χ2n) is 11.2. The van der Waals surface area contributed by atoms with Gasteiger partial charge in [-0.15, -0.1) is 0 Å². The Bertz CT molecular complexity index is 1670. The number of carbonyl (C=O) groups is 1. The maximum absolute atomic E-state index is 13.0. The highest BCUT2D eigenvalue weighted by Gasteiger charge is 2.28. The molecule has 0 saturated heterocycles. The Labute approximate surface area is 220 Å². The van der Waals surface area contributed by atoms with Gasteiger partial charge in [-0.25, -0.2) is 9.97 Å². The molecule has 4 aromatic heterocycles. The summed E-state index contributed by atoms with van der Waals surface area (Å²) in [6, 6.07) is 8.58. The lowest BCUT2D eigenvalue weighted by Gasteiger charge is -2.25. The first-order valence-electron chi connectivity index (χ1n) is 13.0. The summed E-state index contributed by atoms with van der Waals surface area (Å²) in [5, 5.41) is 8.46. The highest BCUT2D eigenvalue weighted by molar-refractivity contribution is 5.93. The number of nitrogens with zero attached hydrogens (tertiary/aromatic N) is 6. The third-order valence-corrected chi connectivity index (χ3v) is 7.32. The third-order valence-electron chi connectivity index (χ3n) is 7.32. The normalized spacial score (nSPS) is 15.7. The molecule has 0 amide bonds. The number of aromatic amines is 1. The van der Waals surface area contributed by atoms with E-state index < -0.39 is 0 Å². The number of fused-ring (bicyclic) bond motifs is 2. The highest BCUT2D eigenvalue weighted by Crippen LogP contribution is 2.38. The van der Waals surface area contributed by atoms with Crippen LogP contribution in [-0.2, 0) is 18.9 Å². The van der Waals surface area contributed by atoms with Crippen LogP contribution in [0.5, 0.6) is 0 Å². The molecule has 1 atom stereocenters. The summed E-state index contributed by atoms with van der Waals surface area (Å²) in [6.07, 6.45) is 7.12. The van der Waals surface area contributed by atoms with Gasteiger partial charge in [0.15, 0.2) is 11.5 Å². The lowest BCUT2D eigenvalue weighted by molar-refractivity contribution is 0.0928. The van der Waals surface area contributed by atoms with E-state index in [2.05, 4.69) is 43.4 Å². The van der Waals surface area contributed by atoms with Crippen molar-refractivity contribution in [1.29, 1.82) is 0 Å². The van der Waals surface area contributed by atoms with E-state index in [-0.39, 0.29) is 23.0 Å². The molecule has 9 nitrogen and oxygen atoms in total. The van der Waals surface area contributed by atoms with Crippen LogP contribution in [0.3, 0.4) is 0 Å². The van der Waals surface area contributed by atoms with E-state index in [0.29, 0.717) is 17.9 Å². The molecule has 1 aliphatic carbocycles. The van der Waals surface area contributed by atoms with E-state index in [4.69, 9.17) is 9.51 Å². The number of nitrogens with one attached hydrogen (secondary N) is 1. The zero-order valence-corrected chi connectivity index (χ0v) is 22.4. The van der Waals surface area contributed by atoms with E-state index in [9.17, 15) is 4.79 Å². The monoisotopic (exact) mass is 509 g/mol. The molecule has 1 aliphatic rings. The van der Waals surface area contributed by atoms with Crippen LogP contribution in [0.4, 0.5) is 0 Å². The number of rotatable bonds is 5. The fourth-order valence-electron chi connectivity index (χ4n) is 5.36. The highest BCUT2D eigenvalue weighted by atomic mass is 16.5. The van der Waals surface area contributed by atoms with Gasteiger partial charge in [-0.3, -0.25) is 9.48 Å². The number of imidazole rings is 1. The van der Waals surface area contributed by atoms with Crippen molar-refractivity contribution >= 4 is 16.9 Å². The van der Waals surface area contributed by atoms with Crippen molar-refractivity contribution in [3.8, 4) is 22.5 Å². The minimum atomic E-state index is -0.263. The molecule has 0 bridgehead atoms. The zero-order chi connectivity index (χ0) is 26.6. The first-order valence-corrected chi connectivity index (χ1v) is 13.0. The second kappa shape index (κ2) is 9.01. The van der Waals surface area contributed by atoms with Gasteiger partial charge in [0.05, 0.1) is 16.8 Å². The molecule has 5 aromatic rings. The van der Waals surface area contributed by atoms with E-state index in [0.717, 1.165) is 53.0 Å². The molecule has 1 N–H and O–H groups in total. The van der Waals surface area contributed by atoms with Gasteiger partial charge in [0.2, 0.25) is 5.78 Å². The Hall–Kier alpha value is -4.14. The largest absolute Gasteiger partial charge is 0.336 e. The molecule has 1 unspecified atom stereocenters. The molecule has 194 valence electrons. The summed E-state index contributed by atoms with van der Waals surface area (Å²) >= 11 is 0. The van der Waals surface area contributed by atoms with Crippen molar-refractivity contribution < 1.29 is 9.32 Å². The van der Waals surface area contributed by atoms with Gasteiger partial charge in [0.1, 0.15) is 5.82 Å². The summed E-state index contributed by atoms with van der Waals surface area (Å²) in [5.74, 6) is 1.46. The van der Waals surface area contributed by atoms with Crippen LogP contribution < -0.4 is 0 Å². The number of carbonyl (C=O) groups excluding carboxylic acids is 1. The Morgan fingerprint density at radius 3 is 2.76 bits per heavy atom. The number of Topliss-reactive ketones (excluding diaryl/α,β-unsaturated/α-hetero) is 1. The number of aryl methyl sites for hydroxylation is 3. The minimum Gasteiger partial charge on any atom is -0.336 e. The van der Waals surface area contributed by atoms with Crippen LogP contribution in [-0.4, -0.2) is 40.7 Å². The van der Waals surface area contributed by atoms with E-state index >= 15 is 0 Å². The minimum absolute atomic E-state index is 0.0959. The number of ketones is 1. The van der Waals surface area contributed by atoms with Gasteiger partial charge in [-0.1, -0.05) is 44.1 Å². The molecule has 0 fully saturated rings. The molecule has 0 saturated carbocycles. The molecular formula is C29H31N7O2. The number of H-pyrrole nitrogens is 1. The molecule has 9 heteroatoms. The van der Waals surface area contributed by atoms with Crippen LogP contribution in [0.25, 0.3) is 33.7 Å². The number of aromatic nitrogens is 7. The number of hydrogen-bond donors (Lipinski definition) is 1. The van der Waals surface area contributed by atoms with E-state index in [1.165, 1.54) is 11.1 Å². The Balaban J connectivity index is 1.29. The number of pyridine rings is 1. The van der Waals surface area contributed by atoms with Crippen LogP contribution in [0.15, 0.2) is 41.2 Å². The molecule has 4 heterocycles. The van der Waals surface area contributed by atoms with Gasteiger partial charge in [0, 0.05) is 36.8 Å². The Morgan fingerprint density at radius 1 is 1.18 bits per heavy atom. The van der Waals surface area contributed by atoms with Crippen LogP contribution in [0.2, 0.25) is 0 Å². The van der Waals surface area contributed by atoms with Crippen molar-refractivity contribution in [3.05, 3.63) is 65.2 Å². The Morgan fingerprint density at radius 2 is 2.03 bits per heavy atom. The zero-order valence-electron chi connectivity index (χ0n) is 22.4. The molecule has 0 spiro atoms. The maximum Gasteiger partial charge on any atom is 0.294 e. The maximum atomic E-state index is 13.0.